The summed E-state index contributed by atoms with van der Waals surface area (Å²) >= 11 is 1.23. The van der Waals surface area contributed by atoms with Crippen LogP contribution < -0.4 is 0 Å². The summed E-state index contributed by atoms with van der Waals surface area (Å²) in [7, 11) is -0.630. The smallest absolute Gasteiger partial charge is 0.316 e. The number of carbonyl (C=O) groups is 1. The highest BCUT2D eigenvalue weighted by Crippen LogP contribution is 2.32. The van der Waals surface area contributed by atoms with E-state index in [1.165, 1.54) is 30.2 Å². The van der Waals surface area contributed by atoms with E-state index in [0.29, 0.717) is 23.2 Å². The van der Waals surface area contributed by atoms with Crippen molar-refractivity contribution in [3.63, 3.8) is 0 Å². The number of benzene rings is 2. The normalized spacial score (nSPS) is 11.7. The second-order valence-electron chi connectivity index (χ2n) is 7.29. The predicted octanol–water partition coefficient (Wildman–Crippen LogP) is 3.46. The maximum atomic E-state index is 12.7. The molecule has 3 aromatic rings. The average molecular weight is 475 g/mol. The molecule has 0 atom stereocenters. The lowest BCUT2D eigenvalue weighted by Gasteiger charge is -2.16. The molecule has 0 spiro atoms. The van der Waals surface area contributed by atoms with Crippen molar-refractivity contribution in [2.24, 2.45) is 0 Å². The third-order valence-electron chi connectivity index (χ3n) is 4.79. The van der Waals surface area contributed by atoms with Crippen LogP contribution in [0.3, 0.4) is 0 Å². The first-order chi connectivity index (χ1) is 15.2. The molecule has 8 nitrogen and oxygen atoms in total. The number of para-hydroxylation sites is 1. The Balaban J connectivity index is 2.17. The van der Waals surface area contributed by atoms with Gasteiger partial charge in [-0.2, -0.15) is 0 Å². The zero-order valence-corrected chi connectivity index (χ0v) is 20.3. The Morgan fingerprint density at radius 1 is 1.09 bits per heavy atom. The predicted molar refractivity (Wildman–Crippen MR) is 124 cm³/mol. The molecule has 0 radical (unpaired) electrons. The first-order valence-corrected chi connectivity index (χ1v) is 12.4. The van der Waals surface area contributed by atoms with E-state index in [9.17, 15) is 13.2 Å². The van der Waals surface area contributed by atoms with Crippen LogP contribution >= 0.6 is 11.8 Å². The number of carbonyl (C=O) groups excluding carboxylic acids is 1. The van der Waals surface area contributed by atoms with Crippen LogP contribution in [0, 0.1) is 13.8 Å². The molecule has 3 rings (SSSR count). The van der Waals surface area contributed by atoms with E-state index < -0.39 is 10.0 Å². The monoisotopic (exact) mass is 474 g/mol. The van der Waals surface area contributed by atoms with Crippen LogP contribution in [0.5, 0.6) is 0 Å². The number of aryl methyl sites for hydroxylation is 2. The Morgan fingerprint density at radius 2 is 1.75 bits per heavy atom. The van der Waals surface area contributed by atoms with E-state index in [-0.39, 0.29) is 16.6 Å². The average Bonchev–Trinajstić information content (AvgIpc) is 3.16. The van der Waals surface area contributed by atoms with Gasteiger partial charge in [-0.1, -0.05) is 42.1 Å². The summed E-state index contributed by atoms with van der Waals surface area (Å²) in [6.45, 7) is 6.04. The van der Waals surface area contributed by atoms with Crippen molar-refractivity contribution in [3.8, 4) is 17.1 Å². The Kier molecular flexibility index (Phi) is 7.37. The van der Waals surface area contributed by atoms with Gasteiger partial charge >= 0.3 is 5.97 Å². The quantitative estimate of drug-likeness (QED) is 0.364. The van der Waals surface area contributed by atoms with Crippen LogP contribution in [-0.4, -0.2) is 59.9 Å². The zero-order chi connectivity index (χ0) is 23.5. The molecule has 10 heteroatoms. The molecule has 0 unspecified atom stereocenters. The van der Waals surface area contributed by atoms with Crippen molar-refractivity contribution in [1.82, 2.24) is 19.1 Å². The maximum absolute atomic E-state index is 12.7. The fraction of sp³-hybridized carbons (Fsp3) is 0.318. The molecule has 1 heterocycles. The highest BCUT2D eigenvalue weighted by atomic mass is 32.2. The summed E-state index contributed by atoms with van der Waals surface area (Å²) in [6.07, 6.45) is 0. The zero-order valence-electron chi connectivity index (χ0n) is 18.7. The summed E-state index contributed by atoms with van der Waals surface area (Å²) in [6, 6.07) is 12.5. The van der Waals surface area contributed by atoms with Crippen molar-refractivity contribution < 1.29 is 17.9 Å². The van der Waals surface area contributed by atoms with Gasteiger partial charge in [-0.15, -0.1) is 10.2 Å². The fourth-order valence-corrected chi connectivity index (χ4v) is 4.93. The summed E-state index contributed by atoms with van der Waals surface area (Å²) in [5.41, 5.74) is 3.49. The highest BCUT2D eigenvalue weighted by molar-refractivity contribution is 7.99. The minimum absolute atomic E-state index is 0.0892. The first kappa shape index (κ1) is 24.0. The number of hydrogen-bond acceptors (Lipinski definition) is 7. The van der Waals surface area contributed by atoms with Gasteiger partial charge in [-0.3, -0.25) is 9.36 Å². The van der Waals surface area contributed by atoms with Crippen molar-refractivity contribution in [2.45, 2.75) is 30.8 Å². The Hall–Kier alpha value is -2.69. The van der Waals surface area contributed by atoms with Crippen molar-refractivity contribution in [1.29, 1.82) is 0 Å². The third-order valence-corrected chi connectivity index (χ3v) is 7.51. The lowest BCUT2D eigenvalue weighted by atomic mass is 10.1. The Labute approximate surface area is 192 Å². The van der Waals surface area contributed by atoms with Crippen LogP contribution in [0.2, 0.25) is 0 Å². The van der Waals surface area contributed by atoms with Gasteiger partial charge in [0.1, 0.15) is 0 Å². The molecule has 0 amide bonds. The number of hydrogen-bond donors (Lipinski definition) is 0. The molecular formula is C22H26N4O4S2. The number of thioether (sulfide) groups is 1. The van der Waals surface area contributed by atoms with Gasteiger partial charge in [0.15, 0.2) is 11.0 Å². The van der Waals surface area contributed by atoms with E-state index in [0.717, 1.165) is 16.8 Å². The molecule has 0 aliphatic heterocycles. The second-order valence-corrected chi connectivity index (χ2v) is 10.4. The van der Waals surface area contributed by atoms with Crippen LogP contribution in [-0.2, 0) is 19.6 Å². The van der Waals surface area contributed by atoms with Crippen LogP contribution in [0.15, 0.2) is 52.5 Å². The summed E-state index contributed by atoms with van der Waals surface area (Å²) < 4.78 is 33.4. The van der Waals surface area contributed by atoms with Crippen LogP contribution in [0.4, 0.5) is 0 Å². The molecule has 0 N–H and O–H groups in total. The van der Waals surface area contributed by atoms with Crippen molar-refractivity contribution in [2.75, 3.05) is 26.5 Å². The van der Waals surface area contributed by atoms with Gasteiger partial charge in [0.25, 0.3) is 0 Å². The lowest BCUT2D eigenvalue weighted by Crippen LogP contribution is -2.22. The molecule has 170 valence electrons. The maximum Gasteiger partial charge on any atom is 0.316 e. The van der Waals surface area contributed by atoms with Gasteiger partial charge < -0.3 is 4.74 Å². The fourth-order valence-electron chi connectivity index (χ4n) is 3.24. The minimum Gasteiger partial charge on any atom is -0.465 e. The van der Waals surface area contributed by atoms with Gasteiger partial charge in [0, 0.05) is 19.7 Å². The molecule has 0 aliphatic rings. The molecule has 0 saturated heterocycles. The molecule has 0 fully saturated rings. The number of ether oxygens (including phenoxy) is 1. The molecule has 0 bridgehead atoms. The van der Waals surface area contributed by atoms with Gasteiger partial charge in [0.05, 0.1) is 22.9 Å². The van der Waals surface area contributed by atoms with Gasteiger partial charge in [-0.05, 0) is 44.0 Å². The molecule has 32 heavy (non-hydrogen) atoms. The number of nitrogens with zero attached hydrogens (tertiary/aromatic N) is 4. The third kappa shape index (κ3) is 4.87. The van der Waals surface area contributed by atoms with Gasteiger partial charge in [-0.25, -0.2) is 12.7 Å². The largest absolute Gasteiger partial charge is 0.465 e. The summed E-state index contributed by atoms with van der Waals surface area (Å²) in [5.74, 6) is 0.241. The molecule has 0 saturated carbocycles. The number of rotatable bonds is 8. The van der Waals surface area contributed by atoms with Crippen LogP contribution in [0.25, 0.3) is 17.1 Å². The molecule has 1 aromatic heterocycles. The molecule has 0 aliphatic carbocycles. The number of esters is 1. The number of aromatic nitrogens is 3. The van der Waals surface area contributed by atoms with E-state index in [4.69, 9.17) is 4.74 Å². The Morgan fingerprint density at radius 3 is 2.38 bits per heavy atom. The van der Waals surface area contributed by atoms with E-state index >= 15 is 0 Å². The summed E-state index contributed by atoms with van der Waals surface area (Å²) in [5, 5.41) is 9.21. The van der Waals surface area contributed by atoms with Crippen molar-refractivity contribution >= 4 is 27.8 Å². The lowest BCUT2D eigenvalue weighted by molar-refractivity contribution is -0.139. The van der Waals surface area contributed by atoms with E-state index in [2.05, 4.69) is 10.2 Å². The number of sulfonamides is 1. The highest BCUT2D eigenvalue weighted by Gasteiger charge is 2.23. The van der Waals surface area contributed by atoms with Gasteiger partial charge in [0.2, 0.25) is 10.0 Å². The minimum atomic E-state index is -3.61. The van der Waals surface area contributed by atoms with Crippen LogP contribution in [0.1, 0.15) is 18.1 Å². The standard InChI is InChI=1S/C22H26N4O4S2/c1-6-30-19(27)14-31-22-24-23-21(26(22)20-15(2)9-7-10-16(20)3)17-11-8-12-18(13-17)32(28,29)25(4)5/h7-13H,6,14H2,1-5H3. The Bertz CT molecular complexity index is 1220. The first-order valence-electron chi connectivity index (χ1n) is 10.00. The van der Waals surface area contributed by atoms with E-state index in [1.807, 2.05) is 36.6 Å². The molecular weight excluding hydrogens is 448 g/mol. The van der Waals surface area contributed by atoms with E-state index in [1.54, 1.807) is 31.2 Å². The summed E-state index contributed by atoms with van der Waals surface area (Å²) in [4.78, 5) is 12.1. The van der Waals surface area contributed by atoms with Crippen molar-refractivity contribution in [3.05, 3.63) is 53.6 Å². The SMILES string of the molecule is CCOC(=O)CSc1nnc(-c2cccc(S(=O)(=O)N(C)C)c2)n1-c1c(C)cccc1C. The molecule has 2 aromatic carbocycles. The topological polar surface area (TPSA) is 94.4 Å². The second kappa shape index (κ2) is 9.85.